The molecule has 0 N–H and O–H groups in total. The highest BCUT2D eigenvalue weighted by Gasteiger charge is 2.36. The third-order valence-corrected chi connectivity index (χ3v) is 11.3. The molecule has 1 aliphatic carbocycles. The SMILES string of the molecule is CC1(C)c2ccccc2-c2ccc(N(c3cccc(-c4cccc5oc6c7ccccc7ccc6c45)c3)c3cccc4c3oc3ccccc34)cc21. The van der Waals surface area contributed by atoms with E-state index in [4.69, 9.17) is 8.83 Å². The van der Waals surface area contributed by atoms with Crippen molar-refractivity contribution < 1.29 is 8.83 Å². The summed E-state index contributed by atoms with van der Waals surface area (Å²) < 4.78 is 13.3. The molecule has 0 spiro atoms. The first-order chi connectivity index (χ1) is 25.5. The Morgan fingerprint density at radius 3 is 2.08 bits per heavy atom. The molecule has 1 aliphatic rings. The predicted molar refractivity (Wildman–Crippen MR) is 216 cm³/mol. The minimum absolute atomic E-state index is 0.136. The van der Waals surface area contributed by atoms with Gasteiger partial charge in [0.15, 0.2) is 5.58 Å². The molecular formula is C49H33NO2. The molecule has 0 unspecified atom stereocenters. The second-order valence-electron chi connectivity index (χ2n) is 14.5. The zero-order valence-electron chi connectivity index (χ0n) is 28.9. The maximum atomic E-state index is 6.68. The number of fused-ring (bicyclic) bond motifs is 11. The number of hydrogen-bond donors (Lipinski definition) is 0. The summed E-state index contributed by atoms with van der Waals surface area (Å²) in [7, 11) is 0. The molecule has 11 rings (SSSR count). The van der Waals surface area contributed by atoms with Gasteiger partial charge in [0.05, 0.1) is 5.69 Å². The first-order valence-electron chi connectivity index (χ1n) is 17.9. The maximum Gasteiger partial charge on any atom is 0.159 e. The van der Waals surface area contributed by atoms with Crippen LogP contribution in [0.1, 0.15) is 25.0 Å². The molecule has 8 aromatic carbocycles. The molecule has 0 atom stereocenters. The van der Waals surface area contributed by atoms with E-state index in [-0.39, 0.29) is 5.41 Å². The average Bonchev–Trinajstić information content (AvgIpc) is 3.84. The van der Waals surface area contributed by atoms with Crippen LogP contribution in [0.3, 0.4) is 0 Å². The number of furan rings is 2. The summed E-state index contributed by atoms with van der Waals surface area (Å²) in [4.78, 5) is 2.37. The van der Waals surface area contributed by atoms with Crippen molar-refractivity contribution in [3.8, 4) is 22.3 Å². The maximum absolute atomic E-state index is 6.68. The van der Waals surface area contributed by atoms with Crippen LogP contribution < -0.4 is 4.90 Å². The lowest BCUT2D eigenvalue weighted by Gasteiger charge is -2.28. The normalized spacial score (nSPS) is 13.3. The number of rotatable bonds is 4. The lowest BCUT2D eigenvalue weighted by atomic mass is 9.82. The van der Waals surface area contributed by atoms with Crippen LogP contribution in [-0.2, 0) is 5.41 Å². The smallest absolute Gasteiger partial charge is 0.159 e. The quantitative estimate of drug-likeness (QED) is 0.187. The van der Waals surface area contributed by atoms with Crippen LogP contribution in [0.5, 0.6) is 0 Å². The van der Waals surface area contributed by atoms with E-state index in [0.29, 0.717) is 0 Å². The molecular weight excluding hydrogens is 635 g/mol. The van der Waals surface area contributed by atoms with Crippen molar-refractivity contribution in [1.82, 2.24) is 0 Å². The molecule has 52 heavy (non-hydrogen) atoms. The molecule has 2 heterocycles. The van der Waals surface area contributed by atoms with Crippen LogP contribution >= 0.6 is 0 Å². The Balaban J connectivity index is 1.15. The number of nitrogens with zero attached hydrogens (tertiary/aromatic N) is 1. The summed E-state index contributed by atoms with van der Waals surface area (Å²) in [6.45, 7) is 4.68. The Morgan fingerprint density at radius 1 is 0.442 bits per heavy atom. The van der Waals surface area contributed by atoms with E-state index in [1.807, 2.05) is 6.07 Å². The predicted octanol–water partition coefficient (Wildman–Crippen LogP) is 14.1. The van der Waals surface area contributed by atoms with Crippen molar-refractivity contribution in [2.24, 2.45) is 0 Å². The van der Waals surface area contributed by atoms with E-state index in [0.717, 1.165) is 77.5 Å². The number of para-hydroxylation sites is 2. The third-order valence-electron chi connectivity index (χ3n) is 11.3. The largest absolute Gasteiger partial charge is 0.455 e. The molecule has 246 valence electrons. The monoisotopic (exact) mass is 667 g/mol. The Bertz CT molecular complexity index is 3070. The Morgan fingerprint density at radius 2 is 1.13 bits per heavy atom. The fourth-order valence-corrected chi connectivity index (χ4v) is 8.77. The summed E-state index contributed by atoms with van der Waals surface area (Å²) in [5.74, 6) is 0. The van der Waals surface area contributed by atoms with Crippen LogP contribution in [-0.4, -0.2) is 0 Å². The van der Waals surface area contributed by atoms with Crippen molar-refractivity contribution in [2.75, 3.05) is 4.90 Å². The van der Waals surface area contributed by atoms with E-state index in [2.05, 4.69) is 176 Å². The number of hydrogen-bond acceptors (Lipinski definition) is 3. The van der Waals surface area contributed by atoms with Gasteiger partial charge in [0, 0.05) is 43.7 Å². The van der Waals surface area contributed by atoms with Gasteiger partial charge in [-0.05, 0) is 87.3 Å². The molecule has 10 aromatic rings. The molecule has 0 radical (unpaired) electrons. The zero-order valence-corrected chi connectivity index (χ0v) is 28.9. The van der Waals surface area contributed by atoms with Gasteiger partial charge in [0.25, 0.3) is 0 Å². The van der Waals surface area contributed by atoms with Crippen LogP contribution in [0.25, 0.3) is 76.9 Å². The molecule has 0 fully saturated rings. The second kappa shape index (κ2) is 10.7. The standard InChI is InChI=1S/C49H33NO2/c1-49(2)41-20-7-5-16-36(41)37-27-25-33(29-42(37)49)50(43-21-10-19-39-38-17-6-8-22-44(38)51-48(39)43)32-14-9-13-31(28-32)34-18-11-23-45-46(34)40-26-24-30-12-3-4-15-35(30)47(40)52-45/h3-29H,1-2H3. The van der Waals surface area contributed by atoms with Crippen molar-refractivity contribution >= 4 is 71.7 Å². The molecule has 0 aliphatic heterocycles. The van der Waals surface area contributed by atoms with E-state index < -0.39 is 0 Å². The molecule has 3 heteroatoms. The summed E-state index contributed by atoms with van der Waals surface area (Å²) >= 11 is 0. The number of anilines is 3. The van der Waals surface area contributed by atoms with Crippen molar-refractivity contribution in [3.05, 3.63) is 175 Å². The summed E-state index contributed by atoms with van der Waals surface area (Å²) in [5.41, 5.74) is 14.1. The summed E-state index contributed by atoms with van der Waals surface area (Å²) in [5, 5.41) is 6.77. The topological polar surface area (TPSA) is 29.5 Å². The van der Waals surface area contributed by atoms with Crippen molar-refractivity contribution in [1.29, 1.82) is 0 Å². The van der Waals surface area contributed by atoms with Gasteiger partial charge in [-0.1, -0.05) is 129 Å². The van der Waals surface area contributed by atoms with Gasteiger partial charge in [-0.25, -0.2) is 0 Å². The fourth-order valence-electron chi connectivity index (χ4n) is 8.77. The highest BCUT2D eigenvalue weighted by molar-refractivity contribution is 6.19. The molecule has 0 amide bonds. The lowest BCUT2D eigenvalue weighted by Crippen LogP contribution is -2.16. The lowest BCUT2D eigenvalue weighted by molar-refractivity contribution is 0.660. The first kappa shape index (κ1) is 29.2. The van der Waals surface area contributed by atoms with E-state index >= 15 is 0 Å². The van der Waals surface area contributed by atoms with Gasteiger partial charge in [0.1, 0.15) is 16.7 Å². The first-order valence-corrected chi connectivity index (χ1v) is 17.9. The minimum atomic E-state index is -0.136. The van der Waals surface area contributed by atoms with Crippen LogP contribution in [0.2, 0.25) is 0 Å². The van der Waals surface area contributed by atoms with E-state index in [9.17, 15) is 0 Å². The average molecular weight is 668 g/mol. The van der Waals surface area contributed by atoms with Crippen LogP contribution in [0, 0.1) is 0 Å². The molecule has 2 aromatic heterocycles. The summed E-state index contributed by atoms with van der Waals surface area (Å²) in [6, 6.07) is 58.7. The van der Waals surface area contributed by atoms with Gasteiger partial charge in [-0.2, -0.15) is 0 Å². The fraction of sp³-hybridized carbons (Fsp3) is 0.0612. The van der Waals surface area contributed by atoms with Gasteiger partial charge in [0.2, 0.25) is 0 Å². The molecule has 0 saturated carbocycles. The van der Waals surface area contributed by atoms with E-state index in [1.54, 1.807) is 0 Å². The van der Waals surface area contributed by atoms with E-state index in [1.165, 1.54) is 27.6 Å². The van der Waals surface area contributed by atoms with Gasteiger partial charge < -0.3 is 13.7 Å². The van der Waals surface area contributed by atoms with Crippen molar-refractivity contribution in [3.63, 3.8) is 0 Å². The second-order valence-corrected chi connectivity index (χ2v) is 14.5. The van der Waals surface area contributed by atoms with Gasteiger partial charge in [-0.3, -0.25) is 0 Å². The Labute approximate surface area is 301 Å². The third kappa shape index (κ3) is 4.08. The van der Waals surface area contributed by atoms with Gasteiger partial charge in [-0.15, -0.1) is 0 Å². The molecule has 3 nitrogen and oxygen atoms in total. The van der Waals surface area contributed by atoms with Crippen molar-refractivity contribution in [2.45, 2.75) is 19.3 Å². The molecule has 0 saturated heterocycles. The Hall–Kier alpha value is -6.58. The van der Waals surface area contributed by atoms with Gasteiger partial charge >= 0.3 is 0 Å². The Kier molecular flexibility index (Phi) is 6.01. The number of benzene rings is 8. The highest BCUT2D eigenvalue weighted by Crippen LogP contribution is 2.51. The highest BCUT2D eigenvalue weighted by atomic mass is 16.3. The molecule has 0 bridgehead atoms. The van der Waals surface area contributed by atoms with Crippen LogP contribution in [0.4, 0.5) is 17.1 Å². The summed E-state index contributed by atoms with van der Waals surface area (Å²) in [6.07, 6.45) is 0. The zero-order chi connectivity index (χ0) is 34.6. The minimum Gasteiger partial charge on any atom is -0.455 e. The van der Waals surface area contributed by atoms with Crippen LogP contribution in [0.15, 0.2) is 173 Å².